The van der Waals surface area contributed by atoms with Gasteiger partial charge in [0.2, 0.25) is 0 Å². The molecule has 0 amide bonds. The van der Waals surface area contributed by atoms with Crippen LogP contribution in [0.5, 0.6) is 0 Å². The Kier molecular flexibility index (Phi) is 4.41. The van der Waals surface area contributed by atoms with Crippen molar-refractivity contribution < 1.29 is 9.31 Å². The third kappa shape index (κ3) is 3.41. The van der Waals surface area contributed by atoms with E-state index in [4.69, 9.17) is 0 Å². The Morgan fingerprint density at radius 2 is 1.74 bits per heavy atom. The van der Waals surface area contributed by atoms with Gasteiger partial charge in [0, 0.05) is 25.2 Å². The summed E-state index contributed by atoms with van der Waals surface area (Å²) in [5.74, 6) is -0.256. The lowest BCUT2D eigenvalue weighted by molar-refractivity contribution is -0.384. The predicted octanol–water partition coefficient (Wildman–Crippen LogP) is 3.81. The van der Waals surface area contributed by atoms with E-state index in [1.54, 1.807) is 30.3 Å². The van der Waals surface area contributed by atoms with Crippen molar-refractivity contribution in [2.45, 2.75) is 18.9 Å². The zero-order valence-corrected chi connectivity index (χ0v) is 12.6. The highest BCUT2D eigenvalue weighted by molar-refractivity contribution is 5.63. The van der Waals surface area contributed by atoms with Crippen LogP contribution in [0.2, 0.25) is 0 Å². The van der Waals surface area contributed by atoms with E-state index >= 15 is 0 Å². The molecule has 1 aliphatic rings. The summed E-state index contributed by atoms with van der Waals surface area (Å²) in [6, 6.07) is 13.6. The molecule has 5 nitrogen and oxygen atoms in total. The lowest BCUT2D eigenvalue weighted by atomic mass is 10.0. The third-order valence-electron chi connectivity index (χ3n) is 4.15. The first kappa shape index (κ1) is 15.3. The molecule has 6 heteroatoms. The number of halogens is 1. The monoisotopic (exact) mass is 315 g/mol. The van der Waals surface area contributed by atoms with Crippen LogP contribution in [0.4, 0.5) is 21.5 Å². The summed E-state index contributed by atoms with van der Waals surface area (Å²) in [7, 11) is 0. The summed E-state index contributed by atoms with van der Waals surface area (Å²) in [6.45, 7) is 1.41. The lowest BCUT2D eigenvalue weighted by Crippen LogP contribution is -2.39. The first-order chi connectivity index (χ1) is 11.1. The Morgan fingerprint density at radius 1 is 1.09 bits per heavy atom. The van der Waals surface area contributed by atoms with E-state index < -0.39 is 0 Å². The molecule has 1 saturated heterocycles. The average Bonchev–Trinajstić information content (AvgIpc) is 2.58. The maximum absolute atomic E-state index is 13.7. The van der Waals surface area contributed by atoms with Crippen molar-refractivity contribution in [3.05, 3.63) is 64.5 Å². The van der Waals surface area contributed by atoms with Crippen molar-refractivity contribution in [3.8, 4) is 0 Å². The van der Waals surface area contributed by atoms with Gasteiger partial charge >= 0.3 is 0 Å². The Labute approximate surface area is 133 Å². The minimum Gasteiger partial charge on any atom is -0.380 e. The minimum atomic E-state index is -0.348. The van der Waals surface area contributed by atoms with Crippen LogP contribution in [0.1, 0.15) is 12.8 Å². The SMILES string of the molecule is O=[N+]([O-])c1ccccc1N1CCC(Nc2ccccc2F)CC1. The summed E-state index contributed by atoms with van der Waals surface area (Å²) >= 11 is 0. The first-order valence-corrected chi connectivity index (χ1v) is 7.64. The molecule has 0 bridgehead atoms. The van der Waals surface area contributed by atoms with Crippen LogP contribution in [0.15, 0.2) is 48.5 Å². The summed E-state index contributed by atoms with van der Waals surface area (Å²) in [5, 5.41) is 14.4. The second kappa shape index (κ2) is 6.64. The zero-order chi connectivity index (χ0) is 16.2. The molecule has 23 heavy (non-hydrogen) atoms. The maximum Gasteiger partial charge on any atom is 0.292 e. The van der Waals surface area contributed by atoms with Gasteiger partial charge in [0.25, 0.3) is 5.69 Å². The molecule has 0 aliphatic carbocycles. The number of piperidine rings is 1. The molecule has 0 saturated carbocycles. The smallest absolute Gasteiger partial charge is 0.292 e. The number of benzene rings is 2. The Bertz CT molecular complexity index is 700. The van der Waals surface area contributed by atoms with Gasteiger partial charge < -0.3 is 10.2 Å². The molecular formula is C17H18FN3O2. The highest BCUT2D eigenvalue weighted by atomic mass is 19.1. The van der Waals surface area contributed by atoms with Crippen molar-refractivity contribution in [1.29, 1.82) is 0 Å². The molecule has 0 aromatic heterocycles. The van der Waals surface area contributed by atoms with Crippen LogP contribution in [0, 0.1) is 15.9 Å². The molecule has 120 valence electrons. The van der Waals surface area contributed by atoms with E-state index in [0.29, 0.717) is 24.5 Å². The number of rotatable bonds is 4. The lowest BCUT2D eigenvalue weighted by Gasteiger charge is -2.34. The zero-order valence-electron chi connectivity index (χ0n) is 12.6. The molecule has 0 unspecified atom stereocenters. The molecular weight excluding hydrogens is 297 g/mol. The standard InChI is InChI=1S/C17H18FN3O2/c18-14-5-1-2-6-15(14)19-13-9-11-20(12-10-13)16-7-3-4-8-17(16)21(22)23/h1-8,13,19H,9-12H2. The summed E-state index contributed by atoms with van der Waals surface area (Å²) in [4.78, 5) is 12.8. The van der Waals surface area contributed by atoms with E-state index in [0.717, 1.165) is 12.8 Å². The maximum atomic E-state index is 13.7. The normalized spacial score (nSPS) is 15.4. The van der Waals surface area contributed by atoms with Crippen LogP contribution in [-0.2, 0) is 0 Å². The van der Waals surface area contributed by atoms with Gasteiger partial charge in [-0.1, -0.05) is 24.3 Å². The van der Waals surface area contributed by atoms with Gasteiger partial charge in [0.1, 0.15) is 11.5 Å². The van der Waals surface area contributed by atoms with Crippen molar-refractivity contribution in [1.82, 2.24) is 0 Å². The molecule has 1 fully saturated rings. The fraction of sp³-hybridized carbons (Fsp3) is 0.294. The molecule has 2 aromatic carbocycles. The Morgan fingerprint density at radius 3 is 2.43 bits per heavy atom. The minimum absolute atomic E-state index is 0.132. The van der Waals surface area contributed by atoms with E-state index in [1.165, 1.54) is 12.1 Å². The van der Waals surface area contributed by atoms with E-state index in [1.807, 2.05) is 11.0 Å². The first-order valence-electron chi connectivity index (χ1n) is 7.64. The highest BCUT2D eigenvalue weighted by Gasteiger charge is 2.24. The second-order valence-corrected chi connectivity index (χ2v) is 5.63. The topological polar surface area (TPSA) is 58.4 Å². The average molecular weight is 315 g/mol. The fourth-order valence-electron chi connectivity index (χ4n) is 2.95. The summed E-state index contributed by atoms with van der Waals surface area (Å²) < 4.78 is 13.7. The van der Waals surface area contributed by atoms with Crippen molar-refractivity contribution in [3.63, 3.8) is 0 Å². The van der Waals surface area contributed by atoms with Gasteiger partial charge in [-0.05, 0) is 31.0 Å². The van der Waals surface area contributed by atoms with E-state index in [-0.39, 0.29) is 22.5 Å². The van der Waals surface area contributed by atoms with Crippen LogP contribution in [-0.4, -0.2) is 24.1 Å². The number of nitrogens with zero attached hydrogens (tertiary/aromatic N) is 2. The number of para-hydroxylation sites is 3. The van der Waals surface area contributed by atoms with Crippen LogP contribution >= 0.6 is 0 Å². The summed E-state index contributed by atoms with van der Waals surface area (Å²) in [6.07, 6.45) is 1.61. The number of anilines is 2. The molecule has 0 atom stereocenters. The van der Waals surface area contributed by atoms with Crippen molar-refractivity contribution in [2.75, 3.05) is 23.3 Å². The molecule has 1 heterocycles. The van der Waals surface area contributed by atoms with Crippen LogP contribution in [0.25, 0.3) is 0 Å². The van der Waals surface area contributed by atoms with E-state index in [2.05, 4.69) is 5.32 Å². The second-order valence-electron chi connectivity index (χ2n) is 5.63. The summed E-state index contributed by atoms with van der Waals surface area (Å²) in [5.41, 5.74) is 1.30. The number of nitro benzene ring substituents is 1. The molecule has 0 radical (unpaired) electrons. The molecule has 1 aliphatic heterocycles. The van der Waals surface area contributed by atoms with Crippen molar-refractivity contribution in [2.24, 2.45) is 0 Å². The fourth-order valence-corrected chi connectivity index (χ4v) is 2.95. The number of nitrogens with one attached hydrogen (secondary N) is 1. The van der Waals surface area contributed by atoms with Gasteiger partial charge in [-0.2, -0.15) is 0 Å². The largest absolute Gasteiger partial charge is 0.380 e. The predicted molar refractivity (Wildman–Crippen MR) is 88.4 cm³/mol. The highest BCUT2D eigenvalue weighted by Crippen LogP contribution is 2.30. The van der Waals surface area contributed by atoms with Crippen molar-refractivity contribution >= 4 is 17.1 Å². The van der Waals surface area contributed by atoms with Gasteiger partial charge in [-0.15, -0.1) is 0 Å². The van der Waals surface area contributed by atoms with Gasteiger partial charge in [0.15, 0.2) is 0 Å². The Balaban J connectivity index is 1.65. The van der Waals surface area contributed by atoms with Crippen LogP contribution < -0.4 is 10.2 Å². The van der Waals surface area contributed by atoms with Gasteiger partial charge in [-0.3, -0.25) is 10.1 Å². The molecule has 3 rings (SSSR count). The Hall–Kier alpha value is -2.63. The number of hydrogen-bond donors (Lipinski definition) is 1. The van der Waals surface area contributed by atoms with Gasteiger partial charge in [-0.25, -0.2) is 4.39 Å². The number of hydrogen-bond acceptors (Lipinski definition) is 4. The van der Waals surface area contributed by atoms with Crippen LogP contribution in [0.3, 0.4) is 0 Å². The molecule has 0 spiro atoms. The van der Waals surface area contributed by atoms with Gasteiger partial charge in [0.05, 0.1) is 10.6 Å². The van der Waals surface area contributed by atoms with E-state index in [9.17, 15) is 14.5 Å². The molecule has 2 aromatic rings. The quantitative estimate of drug-likeness (QED) is 0.688. The third-order valence-corrected chi connectivity index (χ3v) is 4.15. The molecule has 1 N–H and O–H groups in total. The number of nitro groups is 1.